The topological polar surface area (TPSA) is 64.6 Å². The van der Waals surface area contributed by atoms with E-state index in [1.54, 1.807) is 21.3 Å². The smallest absolute Gasteiger partial charge is 0.231 e. The Bertz CT molecular complexity index is 901. The molecule has 7 heteroatoms. The lowest BCUT2D eigenvalue weighted by Gasteiger charge is -2.40. The summed E-state index contributed by atoms with van der Waals surface area (Å²) in [5.74, 6) is 3.09. The van der Waals surface area contributed by atoms with Gasteiger partial charge in [-0.15, -0.1) is 0 Å². The predicted molar refractivity (Wildman–Crippen MR) is 110 cm³/mol. The highest BCUT2D eigenvalue weighted by Crippen LogP contribution is 2.51. The Morgan fingerprint density at radius 2 is 1.60 bits per heavy atom. The fourth-order valence-electron chi connectivity index (χ4n) is 4.06. The van der Waals surface area contributed by atoms with Crippen molar-refractivity contribution in [2.24, 2.45) is 0 Å². The Morgan fingerprint density at radius 1 is 0.933 bits per heavy atom. The number of hydrogen-bond acceptors (Lipinski definition) is 7. The van der Waals surface area contributed by atoms with E-state index in [1.807, 2.05) is 31.2 Å². The van der Waals surface area contributed by atoms with E-state index >= 15 is 0 Å². The van der Waals surface area contributed by atoms with Crippen LogP contribution in [0.2, 0.25) is 0 Å². The third-order valence-corrected chi connectivity index (χ3v) is 5.48. The second-order valence-electron chi connectivity index (χ2n) is 7.54. The summed E-state index contributed by atoms with van der Waals surface area (Å²) in [6.07, 6.45) is 1.53. The Morgan fingerprint density at radius 3 is 2.20 bits per heavy atom. The molecule has 0 saturated heterocycles. The van der Waals surface area contributed by atoms with Gasteiger partial charge >= 0.3 is 0 Å². The third kappa shape index (κ3) is 3.58. The largest absolute Gasteiger partial charge is 0.493 e. The van der Waals surface area contributed by atoms with E-state index in [2.05, 4.69) is 6.92 Å². The molecular formula is C23H28O7. The van der Waals surface area contributed by atoms with Crippen LogP contribution in [-0.4, -0.2) is 40.5 Å². The first kappa shape index (κ1) is 20.5. The van der Waals surface area contributed by atoms with Crippen molar-refractivity contribution in [2.75, 3.05) is 34.7 Å². The van der Waals surface area contributed by atoms with Gasteiger partial charge in [0.1, 0.15) is 5.75 Å². The number of fused-ring (bicyclic) bond motifs is 2. The van der Waals surface area contributed by atoms with Gasteiger partial charge in [0.15, 0.2) is 23.0 Å². The van der Waals surface area contributed by atoms with Gasteiger partial charge in [-0.05, 0) is 30.2 Å². The zero-order chi connectivity index (χ0) is 21.3. The Hall–Kier alpha value is -2.80. The summed E-state index contributed by atoms with van der Waals surface area (Å²) < 4.78 is 40.3. The van der Waals surface area contributed by atoms with Crippen molar-refractivity contribution < 1.29 is 33.2 Å². The Balaban J connectivity index is 1.84. The van der Waals surface area contributed by atoms with Crippen molar-refractivity contribution in [1.82, 2.24) is 0 Å². The number of methoxy groups -OCH3 is 3. The minimum Gasteiger partial charge on any atom is -0.493 e. The molecule has 0 aliphatic carbocycles. The normalized spacial score (nSPS) is 21.6. The molecule has 2 atom stereocenters. The molecule has 0 aromatic heterocycles. The molecule has 2 aliphatic rings. The molecule has 0 amide bonds. The standard InChI is InChI=1S/C23H28O7/c1-6-7-29-23(2)12-16(14-8-20(24-3)22(26-5)21(9-14)25-4)15-10-18-19(28-13-27-18)11-17(15)30-23/h8-11,16H,6-7,12-13H2,1-5H3/t16-,23+/m1/s1. The Labute approximate surface area is 176 Å². The SMILES string of the molecule is CCCO[C@]1(C)C[C@H](c2cc(OC)c(OC)c(OC)c2)c2cc3c(cc2O1)OCO3. The molecule has 0 spiro atoms. The highest BCUT2D eigenvalue weighted by atomic mass is 16.7. The van der Waals surface area contributed by atoms with Crippen LogP contribution in [0.5, 0.6) is 34.5 Å². The van der Waals surface area contributed by atoms with Crippen molar-refractivity contribution in [3.05, 3.63) is 35.4 Å². The summed E-state index contributed by atoms with van der Waals surface area (Å²) in [6, 6.07) is 7.83. The van der Waals surface area contributed by atoms with Crippen molar-refractivity contribution in [3.8, 4) is 34.5 Å². The average Bonchev–Trinajstić information content (AvgIpc) is 3.22. The highest BCUT2D eigenvalue weighted by Gasteiger charge is 2.41. The van der Waals surface area contributed by atoms with E-state index in [0.29, 0.717) is 41.8 Å². The van der Waals surface area contributed by atoms with Gasteiger partial charge in [-0.3, -0.25) is 0 Å². The molecule has 2 aromatic rings. The van der Waals surface area contributed by atoms with Crippen molar-refractivity contribution in [2.45, 2.75) is 38.4 Å². The molecule has 0 bridgehead atoms. The van der Waals surface area contributed by atoms with Gasteiger partial charge in [0.2, 0.25) is 18.3 Å². The highest BCUT2D eigenvalue weighted by molar-refractivity contribution is 5.59. The molecule has 2 aromatic carbocycles. The molecule has 4 rings (SSSR count). The third-order valence-electron chi connectivity index (χ3n) is 5.48. The van der Waals surface area contributed by atoms with Crippen molar-refractivity contribution in [3.63, 3.8) is 0 Å². The minimum atomic E-state index is -0.776. The van der Waals surface area contributed by atoms with Gasteiger partial charge in [-0.25, -0.2) is 0 Å². The molecule has 0 saturated carbocycles. The van der Waals surface area contributed by atoms with Crippen LogP contribution in [0.15, 0.2) is 24.3 Å². The summed E-state index contributed by atoms with van der Waals surface area (Å²) in [5, 5.41) is 0. The quantitative estimate of drug-likeness (QED) is 0.658. The first-order valence-electron chi connectivity index (χ1n) is 10.1. The lowest BCUT2D eigenvalue weighted by Crippen LogP contribution is -2.41. The van der Waals surface area contributed by atoms with Gasteiger partial charge < -0.3 is 33.2 Å². The fraction of sp³-hybridized carbons (Fsp3) is 0.478. The first-order chi connectivity index (χ1) is 14.5. The molecule has 162 valence electrons. The van der Waals surface area contributed by atoms with Crippen LogP contribution < -0.4 is 28.4 Å². The summed E-state index contributed by atoms with van der Waals surface area (Å²) in [4.78, 5) is 0. The maximum atomic E-state index is 6.31. The lowest BCUT2D eigenvalue weighted by atomic mass is 9.82. The molecule has 0 radical (unpaired) electrons. The van der Waals surface area contributed by atoms with Gasteiger partial charge in [0.25, 0.3) is 0 Å². The zero-order valence-corrected chi connectivity index (χ0v) is 18.1. The molecule has 2 heterocycles. The average molecular weight is 416 g/mol. The fourth-order valence-corrected chi connectivity index (χ4v) is 4.06. The van der Waals surface area contributed by atoms with E-state index < -0.39 is 5.79 Å². The van der Waals surface area contributed by atoms with Gasteiger partial charge in [0, 0.05) is 30.9 Å². The van der Waals surface area contributed by atoms with Crippen LogP contribution in [-0.2, 0) is 4.74 Å². The maximum absolute atomic E-state index is 6.31. The minimum absolute atomic E-state index is 0.0289. The van der Waals surface area contributed by atoms with E-state index in [4.69, 9.17) is 33.2 Å². The number of hydrogen-bond donors (Lipinski definition) is 0. The molecule has 0 unspecified atom stereocenters. The summed E-state index contributed by atoms with van der Waals surface area (Å²) >= 11 is 0. The monoisotopic (exact) mass is 416 g/mol. The van der Waals surface area contributed by atoms with Crippen LogP contribution >= 0.6 is 0 Å². The molecule has 0 fully saturated rings. The predicted octanol–water partition coefficient (Wildman–Crippen LogP) is 4.50. The number of ether oxygens (including phenoxy) is 7. The summed E-state index contributed by atoms with van der Waals surface area (Å²) in [7, 11) is 4.83. The van der Waals surface area contributed by atoms with Crippen LogP contribution in [0, 0.1) is 0 Å². The zero-order valence-electron chi connectivity index (χ0n) is 18.1. The molecule has 0 N–H and O–H groups in total. The first-order valence-corrected chi connectivity index (χ1v) is 10.1. The summed E-state index contributed by atoms with van der Waals surface area (Å²) in [5.41, 5.74) is 2.02. The van der Waals surface area contributed by atoms with E-state index in [0.717, 1.165) is 23.3 Å². The number of benzene rings is 2. The van der Waals surface area contributed by atoms with Crippen LogP contribution in [0.25, 0.3) is 0 Å². The van der Waals surface area contributed by atoms with E-state index in [1.165, 1.54) is 0 Å². The lowest BCUT2D eigenvalue weighted by molar-refractivity contribution is -0.182. The van der Waals surface area contributed by atoms with Gasteiger partial charge in [0.05, 0.1) is 27.9 Å². The van der Waals surface area contributed by atoms with Crippen molar-refractivity contribution >= 4 is 0 Å². The van der Waals surface area contributed by atoms with Gasteiger partial charge in [-0.1, -0.05) is 6.92 Å². The Kier molecular flexibility index (Phi) is 5.56. The van der Waals surface area contributed by atoms with Gasteiger partial charge in [-0.2, -0.15) is 0 Å². The van der Waals surface area contributed by atoms with E-state index in [9.17, 15) is 0 Å². The number of rotatable bonds is 7. The molecule has 7 nitrogen and oxygen atoms in total. The van der Waals surface area contributed by atoms with Crippen molar-refractivity contribution in [1.29, 1.82) is 0 Å². The molecular weight excluding hydrogens is 388 g/mol. The van der Waals surface area contributed by atoms with Crippen LogP contribution in [0.3, 0.4) is 0 Å². The maximum Gasteiger partial charge on any atom is 0.231 e. The molecule has 2 aliphatic heterocycles. The van der Waals surface area contributed by atoms with E-state index in [-0.39, 0.29) is 12.7 Å². The second kappa shape index (κ2) is 8.14. The summed E-state index contributed by atoms with van der Waals surface area (Å²) in [6.45, 7) is 4.87. The molecule has 30 heavy (non-hydrogen) atoms. The van der Waals surface area contributed by atoms with Crippen LogP contribution in [0.4, 0.5) is 0 Å². The van der Waals surface area contributed by atoms with Crippen LogP contribution in [0.1, 0.15) is 43.7 Å². The second-order valence-corrected chi connectivity index (χ2v) is 7.54.